The average Bonchev–Trinajstić information content (AvgIpc) is 2.34. The van der Waals surface area contributed by atoms with E-state index in [9.17, 15) is 9.59 Å². The van der Waals surface area contributed by atoms with Gasteiger partial charge in [0.15, 0.2) is 0 Å². The van der Waals surface area contributed by atoms with Gasteiger partial charge in [0.2, 0.25) is 5.91 Å². The lowest BCUT2D eigenvalue weighted by Crippen LogP contribution is -2.39. The summed E-state index contributed by atoms with van der Waals surface area (Å²) in [4.78, 5) is 21.8. The number of fused-ring (bicyclic) bond motifs is 1. The number of hydrogen-bond donors (Lipinski definition) is 1. The highest BCUT2D eigenvalue weighted by molar-refractivity contribution is 6.06. The normalized spacial score (nSPS) is 16.0. The number of nitrogens with one attached hydrogen (secondary N) is 1. The lowest BCUT2D eigenvalue weighted by molar-refractivity contribution is -0.121. The van der Waals surface area contributed by atoms with E-state index in [1.807, 2.05) is 0 Å². The molecule has 2 amide bonds. The highest BCUT2D eigenvalue weighted by Gasteiger charge is 2.20. The summed E-state index contributed by atoms with van der Waals surface area (Å²) >= 11 is 0. The maximum absolute atomic E-state index is 11.0. The van der Waals surface area contributed by atoms with Crippen LogP contribution < -0.4 is 5.32 Å². The Morgan fingerprint density at radius 1 is 1.45 bits per heavy atom. The van der Waals surface area contributed by atoms with Crippen LogP contribution in [0.15, 0.2) is 18.3 Å². The van der Waals surface area contributed by atoms with Crippen molar-refractivity contribution in [3.05, 3.63) is 24.0 Å². The molecule has 1 N–H and O–H groups in total. The molecule has 0 atom stereocenters. The Kier molecular flexibility index (Phi) is 1.09. The zero-order valence-corrected chi connectivity index (χ0v) is 5.70. The van der Waals surface area contributed by atoms with Crippen LogP contribution in [0.3, 0.4) is 0 Å². The highest BCUT2D eigenvalue weighted by atomic mass is 16.2. The molecule has 1 aromatic rings. The van der Waals surface area contributed by atoms with Crippen molar-refractivity contribution in [3.8, 4) is 0 Å². The Bertz CT molecular complexity index is 327. The number of rotatable bonds is 0. The summed E-state index contributed by atoms with van der Waals surface area (Å²) in [5, 5.41) is 2.22. The van der Waals surface area contributed by atoms with Crippen LogP contribution in [0.1, 0.15) is 10.5 Å². The second kappa shape index (κ2) is 1.95. The van der Waals surface area contributed by atoms with Crippen molar-refractivity contribution in [2.75, 3.05) is 0 Å². The predicted molar refractivity (Wildman–Crippen MR) is 36.9 cm³/mol. The molecule has 11 heavy (non-hydrogen) atoms. The van der Waals surface area contributed by atoms with E-state index in [0.717, 1.165) is 0 Å². The number of aromatic nitrogens is 1. The molecular formula is C7H6N2O2. The first-order valence-electron chi connectivity index (χ1n) is 3.27. The number of hydrogen-bond acceptors (Lipinski definition) is 2. The molecule has 4 nitrogen and oxygen atoms in total. The van der Waals surface area contributed by atoms with Crippen molar-refractivity contribution in [2.24, 2.45) is 0 Å². The van der Waals surface area contributed by atoms with E-state index in [4.69, 9.17) is 0 Å². The van der Waals surface area contributed by atoms with Gasteiger partial charge < -0.3 is 4.57 Å². The largest absolute Gasteiger partial charge is 0.334 e. The van der Waals surface area contributed by atoms with Crippen molar-refractivity contribution >= 4 is 11.8 Å². The van der Waals surface area contributed by atoms with Gasteiger partial charge in [-0.1, -0.05) is 0 Å². The summed E-state index contributed by atoms with van der Waals surface area (Å²) in [6.07, 6.45) is 1.71. The molecule has 0 spiro atoms. The summed E-state index contributed by atoms with van der Waals surface area (Å²) in [6, 6.07) is 3.43. The second-order valence-electron chi connectivity index (χ2n) is 2.40. The highest BCUT2D eigenvalue weighted by Crippen LogP contribution is 2.05. The summed E-state index contributed by atoms with van der Waals surface area (Å²) in [7, 11) is 0. The van der Waals surface area contributed by atoms with Gasteiger partial charge >= 0.3 is 0 Å². The number of amides is 2. The maximum Gasteiger partial charge on any atom is 0.274 e. The van der Waals surface area contributed by atoms with Crippen molar-refractivity contribution in [2.45, 2.75) is 6.54 Å². The van der Waals surface area contributed by atoms with Crippen LogP contribution in [0, 0.1) is 0 Å². The van der Waals surface area contributed by atoms with Crippen molar-refractivity contribution in [1.82, 2.24) is 9.88 Å². The number of imide groups is 1. The Morgan fingerprint density at radius 3 is 3.09 bits per heavy atom. The fourth-order valence-electron chi connectivity index (χ4n) is 1.14. The standard InChI is InChI=1S/C7H6N2O2/c10-6-4-9-3-1-2-5(9)7(11)8-6/h1-3H,4H2,(H,8,10,11). The number of carbonyl (C=O) groups excluding carboxylic acids is 2. The molecule has 4 heteroatoms. The van der Waals surface area contributed by atoms with Gasteiger partial charge in [-0.2, -0.15) is 0 Å². The molecule has 1 aromatic heterocycles. The molecule has 2 rings (SSSR count). The van der Waals surface area contributed by atoms with E-state index in [0.29, 0.717) is 5.69 Å². The van der Waals surface area contributed by atoms with E-state index in [1.165, 1.54) is 0 Å². The lowest BCUT2D eigenvalue weighted by Gasteiger charge is -2.13. The zero-order chi connectivity index (χ0) is 7.84. The summed E-state index contributed by atoms with van der Waals surface area (Å²) in [5.74, 6) is -0.565. The molecule has 1 aliphatic rings. The van der Waals surface area contributed by atoms with Gasteiger partial charge in [0.25, 0.3) is 5.91 Å². The monoisotopic (exact) mass is 150 g/mol. The lowest BCUT2D eigenvalue weighted by atomic mass is 10.3. The molecule has 0 aromatic carbocycles. The molecular weight excluding hydrogens is 144 g/mol. The number of nitrogens with zero attached hydrogens (tertiary/aromatic N) is 1. The van der Waals surface area contributed by atoms with Crippen molar-refractivity contribution < 1.29 is 9.59 Å². The first kappa shape index (κ1) is 6.15. The SMILES string of the molecule is O=C1Cn2cccc2C(=O)N1. The Hall–Kier alpha value is -1.58. The van der Waals surface area contributed by atoms with Gasteiger partial charge in [0.1, 0.15) is 12.2 Å². The average molecular weight is 150 g/mol. The van der Waals surface area contributed by atoms with Crippen LogP contribution in [-0.4, -0.2) is 16.4 Å². The zero-order valence-electron chi connectivity index (χ0n) is 5.70. The fourth-order valence-corrected chi connectivity index (χ4v) is 1.14. The predicted octanol–water partition coefficient (Wildman–Crippen LogP) is -0.242. The minimum absolute atomic E-state index is 0.244. The van der Waals surface area contributed by atoms with E-state index in [1.54, 1.807) is 22.9 Å². The maximum atomic E-state index is 11.0. The van der Waals surface area contributed by atoms with Crippen LogP contribution in [0.5, 0.6) is 0 Å². The van der Waals surface area contributed by atoms with Crippen molar-refractivity contribution in [1.29, 1.82) is 0 Å². The van der Waals surface area contributed by atoms with Crippen molar-refractivity contribution in [3.63, 3.8) is 0 Å². The summed E-state index contributed by atoms with van der Waals surface area (Å²) < 4.78 is 1.63. The van der Waals surface area contributed by atoms with E-state index in [2.05, 4.69) is 5.32 Å². The molecule has 0 aliphatic carbocycles. The van der Waals surface area contributed by atoms with Crippen LogP contribution in [0.4, 0.5) is 0 Å². The van der Waals surface area contributed by atoms with Gasteiger partial charge in [0, 0.05) is 6.20 Å². The minimum atomic E-state index is -0.314. The molecule has 0 unspecified atom stereocenters. The molecule has 56 valence electrons. The summed E-state index contributed by atoms with van der Waals surface area (Å²) in [6.45, 7) is 0.244. The van der Waals surface area contributed by atoms with E-state index >= 15 is 0 Å². The Morgan fingerprint density at radius 2 is 2.27 bits per heavy atom. The van der Waals surface area contributed by atoms with Gasteiger partial charge in [-0.05, 0) is 12.1 Å². The van der Waals surface area contributed by atoms with Gasteiger partial charge in [-0.25, -0.2) is 0 Å². The molecule has 0 saturated heterocycles. The van der Waals surface area contributed by atoms with Crippen LogP contribution >= 0.6 is 0 Å². The quantitative estimate of drug-likeness (QED) is 0.519. The van der Waals surface area contributed by atoms with Gasteiger partial charge in [-0.3, -0.25) is 14.9 Å². The molecule has 0 fully saturated rings. The third-order valence-corrected chi connectivity index (χ3v) is 1.63. The molecule has 0 saturated carbocycles. The van der Waals surface area contributed by atoms with Crippen LogP contribution in [-0.2, 0) is 11.3 Å². The van der Waals surface area contributed by atoms with Gasteiger partial charge in [0.05, 0.1) is 0 Å². The Labute approximate surface area is 62.8 Å². The van der Waals surface area contributed by atoms with E-state index in [-0.39, 0.29) is 18.4 Å². The smallest absolute Gasteiger partial charge is 0.274 e. The topological polar surface area (TPSA) is 51.1 Å². The molecule has 1 aliphatic heterocycles. The molecule has 0 radical (unpaired) electrons. The third-order valence-electron chi connectivity index (χ3n) is 1.63. The Balaban J connectivity index is 2.52. The van der Waals surface area contributed by atoms with Gasteiger partial charge in [-0.15, -0.1) is 0 Å². The minimum Gasteiger partial charge on any atom is -0.334 e. The van der Waals surface area contributed by atoms with Crippen LogP contribution in [0.25, 0.3) is 0 Å². The second-order valence-corrected chi connectivity index (χ2v) is 2.40. The first-order valence-corrected chi connectivity index (χ1v) is 3.27. The third kappa shape index (κ3) is 0.832. The van der Waals surface area contributed by atoms with Crippen LogP contribution in [0.2, 0.25) is 0 Å². The molecule has 2 heterocycles. The molecule has 0 bridgehead atoms. The van der Waals surface area contributed by atoms with E-state index < -0.39 is 0 Å². The first-order chi connectivity index (χ1) is 5.27. The number of carbonyl (C=O) groups is 2. The fraction of sp³-hybridized carbons (Fsp3) is 0.143. The summed E-state index contributed by atoms with van der Waals surface area (Å²) in [5.41, 5.74) is 0.546.